The molecule has 1 N–H and O–H groups in total. The van der Waals surface area contributed by atoms with E-state index in [0.29, 0.717) is 18.4 Å². The van der Waals surface area contributed by atoms with Crippen LogP contribution in [0.5, 0.6) is 0 Å². The molecule has 2 unspecified atom stereocenters. The number of hydrogen-bond donors (Lipinski definition) is 1. The molecule has 1 aromatic heterocycles. The topological polar surface area (TPSA) is 71.3 Å². The van der Waals surface area contributed by atoms with Crippen LogP contribution in [-0.4, -0.2) is 58.1 Å². The van der Waals surface area contributed by atoms with Crippen molar-refractivity contribution in [2.45, 2.75) is 50.0 Å². The van der Waals surface area contributed by atoms with E-state index in [0.717, 1.165) is 55.7 Å². The highest BCUT2D eigenvalue weighted by Crippen LogP contribution is 2.39. The molecule has 1 aliphatic carbocycles. The normalized spacial score (nSPS) is 28.8. The van der Waals surface area contributed by atoms with Gasteiger partial charge in [-0.1, -0.05) is 5.16 Å². The van der Waals surface area contributed by atoms with Gasteiger partial charge in [0.15, 0.2) is 5.82 Å². The lowest BCUT2D eigenvalue weighted by Gasteiger charge is -2.33. The van der Waals surface area contributed by atoms with Gasteiger partial charge in [-0.2, -0.15) is 16.7 Å². The van der Waals surface area contributed by atoms with E-state index in [2.05, 4.69) is 15.5 Å². The Kier molecular flexibility index (Phi) is 4.57. The Morgan fingerprint density at radius 1 is 1.35 bits per heavy atom. The molecule has 126 valence electrons. The van der Waals surface area contributed by atoms with Crippen molar-refractivity contribution in [3.8, 4) is 0 Å². The Balaban J connectivity index is 1.34. The first-order valence-electron chi connectivity index (χ1n) is 8.72. The Morgan fingerprint density at radius 2 is 2.26 bits per heavy atom. The lowest BCUT2D eigenvalue weighted by molar-refractivity contribution is -0.132. The Labute approximate surface area is 140 Å². The highest BCUT2D eigenvalue weighted by Gasteiger charge is 2.33. The fourth-order valence-electron chi connectivity index (χ4n) is 3.41. The fraction of sp³-hybridized carbons (Fsp3) is 0.812. The van der Waals surface area contributed by atoms with E-state index in [1.54, 1.807) is 0 Å². The van der Waals surface area contributed by atoms with Crippen LogP contribution in [0.25, 0.3) is 0 Å². The predicted octanol–water partition coefficient (Wildman–Crippen LogP) is 1.75. The summed E-state index contributed by atoms with van der Waals surface area (Å²) >= 11 is 1.93. The maximum atomic E-state index is 12.6. The number of nitrogens with zero attached hydrogens (tertiary/aromatic N) is 3. The van der Waals surface area contributed by atoms with E-state index in [1.165, 1.54) is 12.8 Å². The molecule has 3 fully saturated rings. The summed E-state index contributed by atoms with van der Waals surface area (Å²) in [6.45, 7) is 2.61. The van der Waals surface area contributed by atoms with Gasteiger partial charge in [0.2, 0.25) is 11.8 Å². The molecule has 6 nitrogen and oxygen atoms in total. The van der Waals surface area contributed by atoms with Crippen molar-refractivity contribution in [1.29, 1.82) is 0 Å². The van der Waals surface area contributed by atoms with Gasteiger partial charge in [-0.3, -0.25) is 4.79 Å². The summed E-state index contributed by atoms with van der Waals surface area (Å²) in [6.07, 6.45) is 5.02. The summed E-state index contributed by atoms with van der Waals surface area (Å²) in [5.74, 6) is 4.78. The number of nitrogens with one attached hydrogen (secondary N) is 1. The third-order valence-electron chi connectivity index (χ3n) is 4.94. The van der Waals surface area contributed by atoms with Crippen LogP contribution in [0.3, 0.4) is 0 Å². The molecule has 0 aromatic carbocycles. The van der Waals surface area contributed by atoms with Gasteiger partial charge in [-0.05, 0) is 25.7 Å². The third kappa shape index (κ3) is 3.71. The fourth-order valence-corrected chi connectivity index (χ4v) is 4.36. The summed E-state index contributed by atoms with van der Waals surface area (Å²) in [7, 11) is 0. The Hall–Kier alpha value is -1.08. The molecule has 1 saturated carbocycles. The van der Waals surface area contributed by atoms with Crippen molar-refractivity contribution in [1.82, 2.24) is 20.4 Å². The molecule has 23 heavy (non-hydrogen) atoms. The monoisotopic (exact) mass is 336 g/mol. The molecule has 2 atom stereocenters. The third-order valence-corrected chi connectivity index (χ3v) is 6.07. The number of likely N-dealkylation sites (tertiary alicyclic amines) is 1. The van der Waals surface area contributed by atoms with Gasteiger partial charge in [0, 0.05) is 55.4 Å². The van der Waals surface area contributed by atoms with Gasteiger partial charge in [-0.15, -0.1) is 0 Å². The molecule has 2 aliphatic heterocycles. The van der Waals surface area contributed by atoms with Crippen LogP contribution in [0.1, 0.15) is 55.7 Å². The standard InChI is InChI=1S/C16H24N4O2S/c21-14(8-13-10-23-7-5-17-13)20-6-1-2-12(9-20)15-18-16(22-19-15)11-3-4-11/h11-13,17H,1-10H2. The van der Waals surface area contributed by atoms with Crippen molar-refractivity contribution < 1.29 is 9.32 Å². The minimum Gasteiger partial charge on any atom is -0.342 e. The van der Waals surface area contributed by atoms with Crippen molar-refractivity contribution in [2.24, 2.45) is 0 Å². The molecule has 0 spiro atoms. The van der Waals surface area contributed by atoms with Crippen LogP contribution in [0, 0.1) is 0 Å². The van der Waals surface area contributed by atoms with Gasteiger partial charge in [0.25, 0.3) is 0 Å². The summed E-state index contributed by atoms with van der Waals surface area (Å²) in [5.41, 5.74) is 0. The largest absolute Gasteiger partial charge is 0.342 e. The van der Waals surface area contributed by atoms with Crippen molar-refractivity contribution in [3.63, 3.8) is 0 Å². The minimum absolute atomic E-state index is 0.234. The summed E-state index contributed by atoms with van der Waals surface area (Å²) in [6, 6.07) is 0.327. The second-order valence-corrected chi connectivity index (χ2v) is 8.02. The smallest absolute Gasteiger partial charge is 0.229 e. The van der Waals surface area contributed by atoms with E-state index >= 15 is 0 Å². The molecule has 1 amide bonds. The quantitative estimate of drug-likeness (QED) is 0.903. The average Bonchev–Trinajstić information content (AvgIpc) is 3.33. The van der Waals surface area contributed by atoms with Crippen molar-refractivity contribution in [3.05, 3.63) is 11.7 Å². The van der Waals surface area contributed by atoms with Crippen LogP contribution in [0.4, 0.5) is 0 Å². The molecular formula is C16H24N4O2S. The zero-order valence-corrected chi connectivity index (χ0v) is 14.2. The number of amides is 1. The summed E-state index contributed by atoms with van der Waals surface area (Å²) < 4.78 is 5.38. The number of thioether (sulfide) groups is 1. The zero-order chi connectivity index (χ0) is 15.6. The number of rotatable bonds is 4. The number of carbonyl (C=O) groups excluding carboxylic acids is 1. The SMILES string of the molecule is O=C(CC1CSCCN1)N1CCCC(c2noc(C3CC3)n2)C1. The molecule has 4 rings (SSSR count). The number of piperidine rings is 1. The lowest BCUT2D eigenvalue weighted by Crippen LogP contribution is -2.45. The molecule has 3 aliphatic rings. The maximum Gasteiger partial charge on any atom is 0.229 e. The highest BCUT2D eigenvalue weighted by molar-refractivity contribution is 7.99. The van der Waals surface area contributed by atoms with E-state index in [4.69, 9.17) is 4.52 Å². The lowest BCUT2D eigenvalue weighted by atomic mass is 9.97. The minimum atomic E-state index is 0.234. The molecule has 0 bridgehead atoms. The Bertz CT molecular complexity index is 554. The van der Waals surface area contributed by atoms with Crippen LogP contribution in [0.2, 0.25) is 0 Å². The number of aromatic nitrogens is 2. The average molecular weight is 336 g/mol. The van der Waals surface area contributed by atoms with Crippen molar-refractivity contribution >= 4 is 17.7 Å². The van der Waals surface area contributed by atoms with Crippen LogP contribution in [0.15, 0.2) is 4.52 Å². The van der Waals surface area contributed by atoms with Gasteiger partial charge in [-0.25, -0.2) is 0 Å². The molecule has 2 saturated heterocycles. The maximum absolute atomic E-state index is 12.6. The second-order valence-electron chi connectivity index (χ2n) is 6.87. The van der Waals surface area contributed by atoms with E-state index in [1.807, 2.05) is 16.7 Å². The first-order chi connectivity index (χ1) is 11.3. The van der Waals surface area contributed by atoms with E-state index < -0.39 is 0 Å². The van der Waals surface area contributed by atoms with E-state index in [9.17, 15) is 4.79 Å². The van der Waals surface area contributed by atoms with Gasteiger partial charge >= 0.3 is 0 Å². The predicted molar refractivity (Wildman–Crippen MR) is 88.6 cm³/mol. The van der Waals surface area contributed by atoms with Crippen LogP contribution >= 0.6 is 11.8 Å². The zero-order valence-electron chi connectivity index (χ0n) is 13.4. The molecular weight excluding hydrogens is 312 g/mol. The number of carbonyl (C=O) groups is 1. The van der Waals surface area contributed by atoms with Gasteiger partial charge < -0.3 is 14.7 Å². The first-order valence-corrected chi connectivity index (χ1v) is 9.87. The number of hydrogen-bond acceptors (Lipinski definition) is 6. The summed E-state index contributed by atoms with van der Waals surface area (Å²) in [4.78, 5) is 19.2. The molecule has 7 heteroatoms. The van der Waals surface area contributed by atoms with Gasteiger partial charge in [0.05, 0.1) is 0 Å². The van der Waals surface area contributed by atoms with Crippen LogP contribution in [-0.2, 0) is 4.79 Å². The van der Waals surface area contributed by atoms with Crippen LogP contribution < -0.4 is 5.32 Å². The van der Waals surface area contributed by atoms with E-state index in [-0.39, 0.29) is 11.8 Å². The highest BCUT2D eigenvalue weighted by atomic mass is 32.2. The second kappa shape index (κ2) is 6.81. The van der Waals surface area contributed by atoms with Crippen molar-refractivity contribution in [2.75, 3.05) is 31.1 Å². The van der Waals surface area contributed by atoms with Gasteiger partial charge in [0.1, 0.15) is 0 Å². The molecule has 0 radical (unpaired) electrons. The molecule has 3 heterocycles. The summed E-state index contributed by atoms with van der Waals surface area (Å²) in [5, 5.41) is 7.62. The first kappa shape index (κ1) is 15.4. The molecule has 1 aromatic rings. The Morgan fingerprint density at radius 3 is 3.04 bits per heavy atom.